The molecule has 28 heavy (non-hydrogen) atoms. The van der Waals surface area contributed by atoms with Gasteiger partial charge in [0.1, 0.15) is 11.5 Å². The highest BCUT2D eigenvalue weighted by molar-refractivity contribution is 5.96. The average molecular weight is 383 g/mol. The van der Waals surface area contributed by atoms with Crippen LogP contribution in [0.2, 0.25) is 0 Å². The summed E-state index contributed by atoms with van der Waals surface area (Å²) >= 11 is 0. The molecule has 9 nitrogen and oxygen atoms in total. The van der Waals surface area contributed by atoms with Gasteiger partial charge in [0.25, 0.3) is 11.6 Å². The van der Waals surface area contributed by atoms with Crippen LogP contribution < -0.4 is 10.9 Å². The third kappa shape index (κ3) is 4.36. The number of nitrogens with one attached hydrogen (secondary N) is 2. The summed E-state index contributed by atoms with van der Waals surface area (Å²) in [7, 11) is 0. The van der Waals surface area contributed by atoms with Crippen molar-refractivity contribution in [1.29, 1.82) is 0 Å². The van der Waals surface area contributed by atoms with E-state index in [1.165, 1.54) is 59.7 Å². The summed E-state index contributed by atoms with van der Waals surface area (Å²) in [5, 5.41) is 11.3. The Labute approximate surface area is 157 Å². The van der Waals surface area contributed by atoms with Crippen LogP contribution in [0.5, 0.6) is 0 Å². The molecule has 0 aliphatic carbocycles. The highest BCUT2D eigenvalue weighted by atomic mass is 19.1. The lowest BCUT2D eigenvalue weighted by Crippen LogP contribution is -2.42. The number of hydrogen-bond acceptors (Lipinski definition) is 5. The maximum absolute atomic E-state index is 12.9. The fourth-order valence-electron chi connectivity index (χ4n) is 2.46. The molecule has 1 heterocycles. The number of nitrogens with zero attached hydrogens (tertiary/aromatic N) is 3. The van der Waals surface area contributed by atoms with E-state index < -0.39 is 22.6 Å². The molecule has 10 heteroatoms. The van der Waals surface area contributed by atoms with Gasteiger partial charge < -0.3 is 4.57 Å². The van der Waals surface area contributed by atoms with Crippen molar-refractivity contribution in [2.24, 2.45) is 0 Å². The Bertz CT molecular complexity index is 1020. The van der Waals surface area contributed by atoms with E-state index in [1.54, 1.807) is 0 Å². The zero-order valence-electron chi connectivity index (χ0n) is 14.3. The van der Waals surface area contributed by atoms with Gasteiger partial charge in [0.2, 0.25) is 5.91 Å². The standard InChI is InChI=1S/C18H14FN5O4/c19-14-4-1-12(2-5-14)9-17(25)21-22-18(26)13-3-6-15(16(10-13)24(27)28)23-8-7-20-11-23/h1-8,10-11H,9H2,(H,21,25)(H,22,26). The molecule has 1 aromatic heterocycles. The number of hydrazine groups is 1. The summed E-state index contributed by atoms with van der Waals surface area (Å²) in [5.74, 6) is -1.66. The molecule has 0 unspecified atom stereocenters. The third-order valence-electron chi connectivity index (χ3n) is 3.81. The van der Waals surface area contributed by atoms with E-state index in [4.69, 9.17) is 0 Å². The molecule has 0 saturated carbocycles. The largest absolute Gasteiger partial charge is 0.300 e. The van der Waals surface area contributed by atoms with Crippen molar-refractivity contribution in [2.75, 3.05) is 0 Å². The van der Waals surface area contributed by atoms with E-state index in [-0.39, 0.29) is 23.4 Å². The van der Waals surface area contributed by atoms with E-state index >= 15 is 0 Å². The molecule has 3 aromatic rings. The second kappa shape index (κ2) is 8.08. The molecular formula is C18H14FN5O4. The van der Waals surface area contributed by atoms with Crippen molar-refractivity contribution in [3.05, 3.63) is 88.2 Å². The van der Waals surface area contributed by atoms with Crippen molar-refractivity contribution >= 4 is 17.5 Å². The van der Waals surface area contributed by atoms with Gasteiger partial charge in [-0.3, -0.25) is 30.6 Å². The highest BCUT2D eigenvalue weighted by Crippen LogP contribution is 2.24. The Morgan fingerprint density at radius 2 is 1.89 bits per heavy atom. The van der Waals surface area contributed by atoms with Crippen LogP contribution in [0.3, 0.4) is 0 Å². The first kappa shape index (κ1) is 18.7. The number of rotatable bonds is 5. The molecule has 2 N–H and O–H groups in total. The second-order valence-electron chi connectivity index (χ2n) is 5.74. The van der Waals surface area contributed by atoms with Gasteiger partial charge in [0, 0.05) is 24.0 Å². The third-order valence-corrected chi connectivity index (χ3v) is 3.81. The maximum Gasteiger partial charge on any atom is 0.294 e. The topological polar surface area (TPSA) is 119 Å². The van der Waals surface area contributed by atoms with Gasteiger partial charge in [-0.05, 0) is 29.8 Å². The maximum atomic E-state index is 12.9. The van der Waals surface area contributed by atoms with E-state index in [2.05, 4.69) is 15.8 Å². The number of aromatic nitrogens is 2. The highest BCUT2D eigenvalue weighted by Gasteiger charge is 2.19. The lowest BCUT2D eigenvalue weighted by Gasteiger charge is -2.09. The number of nitro benzene ring substituents is 1. The molecule has 2 aromatic carbocycles. The van der Waals surface area contributed by atoms with Crippen LogP contribution in [0.25, 0.3) is 5.69 Å². The minimum Gasteiger partial charge on any atom is -0.300 e. The van der Waals surface area contributed by atoms with Crippen molar-refractivity contribution in [1.82, 2.24) is 20.4 Å². The molecule has 0 atom stereocenters. The number of benzene rings is 2. The number of nitro groups is 1. The molecule has 0 bridgehead atoms. The summed E-state index contributed by atoms with van der Waals surface area (Å²) in [6.45, 7) is 0. The first-order valence-corrected chi connectivity index (χ1v) is 8.04. The summed E-state index contributed by atoms with van der Waals surface area (Å²) in [6, 6.07) is 9.27. The number of carbonyl (C=O) groups excluding carboxylic acids is 2. The quantitative estimate of drug-likeness (QED) is 0.515. The predicted octanol–water partition coefficient (Wildman–Crippen LogP) is 1.92. The molecule has 0 aliphatic heterocycles. The molecule has 0 radical (unpaired) electrons. The zero-order chi connectivity index (χ0) is 20.1. The fourth-order valence-corrected chi connectivity index (χ4v) is 2.46. The number of imidazole rings is 1. The SMILES string of the molecule is O=C(Cc1ccc(F)cc1)NNC(=O)c1ccc(-n2ccnc2)c([N+](=O)[O-])c1. The number of halogens is 1. The summed E-state index contributed by atoms with van der Waals surface area (Å²) in [5.41, 5.74) is 4.94. The van der Waals surface area contributed by atoms with E-state index in [0.717, 1.165) is 6.07 Å². The van der Waals surface area contributed by atoms with Crippen LogP contribution in [0, 0.1) is 15.9 Å². The Kier molecular flexibility index (Phi) is 5.40. The van der Waals surface area contributed by atoms with Crippen molar-refractivity contribution in [2.45, 2.75) is 6.42 Å². The molecule has 0 aliphatic rings. The molecule has 0 spiro atoms. The monoisotopic (exact) mass is 383 g/mol. The van der Waals surface area contributed by atoms with E-state index in [1.807, 2.05) is 0 Å². The molecule has 0 fully saturated rings. The molecule has 3 rings (SSSR count). The number of carbonyl (C=O) groups is 2. The molecule has 0 saturated heterocycles. The number of hydrogen-bond donors (Lipinski definition) is 2. The average Bonchev–Trinajstić information content (AvgIpc) is 3.22. The Balaban J connectivity index is 1.67. The van der Waals surface area contributed by atoms with Gasteiger partial charge in [-0.25, -0.2) is 9.37 Å². The smallest absolute Gasteiger partial charge is 0.294 e. The van der Waals surface area contributed by atoms with Gasteiger partial charge in [0.05, 0.1) is 17.7 Å². The fraction of sp³-hybridized carbons (Fsp3) is 0.0556. The van der Waals surface area contributed by atoms with Crippen molar-refractivity contribution in [3.8, 4) is 5.69 Å². The summed E-state index contributed by atoms with van der Waals surface area (Å²) in [4.78, 5) is 38.6. The second-order valence-corrected chi connectivity index (χ2v) is 5.74. The lowest BCUT2D eigenvalue weighted by atomic mass is 10.1. The van der Waals surface area contributed by atoms with Crippen molar-refractivity contribution < 1.29 is 18.9 Å². The van der Waals surface area contributed by atoms with Gasteiger partial charge in [-0.2, -0.15) is 0 Å². The Morgan fingerprint density at radius 3 is 2.54 bits per heavy atom. The van der Waals surface area contributed by atoms with Crippen molar-refractivity contribution in [3.63, 3.8) is 0 Å². The zero-order valence-corrected chi connectivity index (χ0v) is 14.3. The first-order valence-electron chi connectivity index (χ1n) is 8.04. The normalized spacial score (nSPS) is 10.3. The summed E-state index contributed by atoms with van der Waals surface area (Å²) < 4.78 is 14.3. The van der Waals surface area contributed by atoms with Crippen LogP contribution in [0.15, 0.2) is 61.2 Å². The Hall–Kier alpha value is -4.08. The summed E-state index contributed by atoms with van der Waals surface area (Å²) in [6.07, 6.45) is 4.34. The van der Waals surface area contributed by atoms with Crippen LogP contribution >= 0.6 is 0 Å². The number of amides is 2. The van der Waals surface area contributed by atoms with Gasteiger partial charge in [-0.1, -0.05) is 12.1 Å². The molecule has 142 valence electrons. The van der Waals surface area contributed by atoms with Gasteiger partial charge in [0.15, 0.2) is 0 Å². The minimum atomic E-state index is -0.715. The lowest BCUT2D eigenvalue weighted by molar-refractivity contribution is -0.384. The Morgan fingerprint density at radius 1 is 1.14 bits per heavy atom. The predicted molar refractivity (Wildman–Crippen MR) is 95.9 cm³/mol. The van der Waals surface area contributed by atoms with Crippen LogP contribution in [0.1, 0.15) is 15.9 Å². The van der Waals surface area contributed by atoms with Crippen LogP contribution in [0.4, 0.5) is 10.1 Å². The van der Waals surface area contributed by atoms with Crippen LogP contribution in [-0.2, 0) is 11.2 Å². The minimum absolute atomic E-state index is 0.00218. The van der Waals surface area contributed by atoms with E-state index in [9.17, 15) is 24.1 Å². The molecule has 2 amide bonds. The molecular weight excluding hydrogens is 369 g/mol. The first-order chi connectivity index (χ1) is 13.4. The van der Waals surface area contributed by atoms with Crippen LogP contribution in [-0.4, -0.2) is 26.3 Å². The van der Waals surface area contributed by atoms with Gasteiger partial charge >= 0.3 is 0 Å². The van der Waals surface area contributed by atoms with Gasteiger partial charge in [-0.15, -0.1) is 0 Å². The van der Waals surface area contributed by atoms with E-state index in [0.29, 0.717) is 5.56 Å².